The maximum absolute atomic E-state index is 12.5. The summed E-state index contributed by atoms with van der Waals surface area (Å²) in [7, 11) is 0. The zero-order valence-corrected chi connectivity index (χ0v) is 6.30. The Morgan fingerprint density at radius 2 is 2.00 bits per heavy atom. The molecule has 0 aromatic heterocycles. The molecule has 0 aliphatic carbocycles. The van der Waals surface area contributed by atoms with Crippen LogP contribution in [0.25, 0.3) is 0 Å². The van der Waals surface area contributed by atoms with Gasteiger partial charge in [-0.3, -0.25) is 0 Å². The van der Waals surface area contributed by atoms with Gasteiger partial charge in [-0.25, -0.2) is 8.78 Å². The fourth-order valence-electron chi connectivity index (χ4n) is 0.328. The molecule has 0 aliphatic rings. The first-order chi connectivity index (χ1) is 4.63. The van der Waals surface area contributed by atoms with Gasteiger partial charge in [-0.05, 0) is 11.6 Å². The fourth-order valence-corrected chi connectivity index (χ4v) is 0.467. The minimum atomic E-state index is -0.987. The van der Waals surface area contributed by atoms with Crippen molar-refractivity contribution in [2.45, 2.75) is 0 Å². The maximum atomic E-state index is 12.5. The SMILES string of the molecule is C=C/C(F)=C(/F)C(=C)CS. The van der Waals surface area contributed by atoms with Crippen LogP contribution in [-0.4, -0.2) is 5.75 Å². The highest BCUT2D eigenvalue weighted by Crippen LogP contribution is 2.17. The molecule has 0 aromatic rings. The smallest absolute Gasteiger partial charge is 0.162 e. The van der Waals surface area contributed by atoms with Crippen molar-refractivity contribution in [3.8, 4) is 0 Å². The molecule has 0 bridgehead atoms. The Bertz CT molecular complexity index is 182. The molecule has 0 atom stereocenters. The quantitative estimate of drug-likeness (QED) is 0.478. The third kappa shape index (κ3) is 2.35. The third-order valence-corrected chi connectivity index (χ3v) is 1.27. The molecule has 0 rings (SSSR count). The van der Waals surface area contributed by atoms with E-state index in [2.05, 4.69) is 25.8 Å². The molecule has 0 radical (unpaired) electrons. The molecule has 0 saturated heterocycles. The normalized spacial score (nSPS) is 12.3. The highest BCUT2D eigenvalue weighted by molar-refractivity contribution is 7.80. The molecule has 0 aromatic carbocycles. The zero-order chi connectivity index (χ0) is 8.15. The van der Waals surface area contributed by atoms with E-state index >= 15 is 0 Å². The molecule has 0 amide bonds. The van der Waals surface area contributed by atoms with Crippen LogP contribution < -0.4 is 0 Å². The van der Waals surface area contributed by atoms with Crippen LogP contribution >= 0.6 is 12.6 Å². The summed E-state index contributed by atoms with van der Waals surface area (Å²) in [6, 6.07) is 0. The fraction of sp³-hybridized carbons (Fsp3) is 0.143. The van der Waals surface area contributed by atoms with Crippen molar-refractivity contribution in [1.29, 1.82) is 0 Å². The van der Waals surface area contributed by atoms with Gasteiger partial charge in [-0.2, -0.15) is 12.6 Å². The Morgan fingerprint density at radius 3 is 2.30 bits per heavy atom. The van der Waals surface area contributed by atoms with Crippen molar-refractivity contribution in [2.24, 2.45) is 0 Å². The molecular formula is C7H8F2S. The second-order valence-corrected chi connectivity index (χ2v) is 1.94. The summed E-state index contributed by atoms with van der Waals surface area (Å²) in [4.78, 5) is 0. The Balaban J connectivity index is 4.45. The predicted molar refractivity (Wildman–Crippen MR) is 42.4 cm³/mol. The third-order valence-electron chi connectivity index (χ3n) is 0.890. The van der Waals surface area contributed by atoms with Gasteiger partial charge in [0.25, 0.3) is 0 Å². The highest BCUT2D eigenvalue weighted by atomic mass is 32.1. The summed E-state index contributed by atoms with van der Waals surface area (Å²) in [6.45, 7) is 6.30. The van der Waals surface area contributed by atoms with Gasteiger partial charge >= 0.3 is 0 Å². The molecule has 0 N–H and O–H groups in total. The summed E-state index contributed by atoms with van der Waals surface area (Å²) in [5, 5.41) is 0. The lowest BCUT2D eigenvalue weighted by molar-refractivity contribution is 0.565. The second kappa shape index (κ2) is 4.28. The Morgan fingerprint density at radius 1 is 1.50 bits per heavy atom. The molecular weight excluding hydrogens is 154 g/mol. The van der Waals surface area contributed by atoms with Crippen LogP contribution in [0.2, 0.25) is 0 Å². The topological polar surface area (TPSA) is 0 Å². The summed E-state index contributed by atoms with van der Waals surface area (Å²) >= 11 is 3.71. The van der Waals surface area contributed by atoms with E-state index in [1.54, 1.807) is 0 Å². The van der Waals surface area contributed by atoms with Gasteiger partial charge < -0.3 is 0 Å². The Kier molecular flexibility index (Phi) is 4.03. The number of hydrogen-bond acceptors (Lipinski definition) is 1. The molecule has 0 nitrogen and oxygen atoms in total. The second-order valence-electron chi connectivity index (χ2n) is 1.63. The first kappa shape index (κ1) is 9.43. The van der Waals surface area contributed by atoms with Crippen LogP contribution in [0.3, 0.4) is 0 Å². The molecule has 0 unspecified atom stereocenters. The van der Waals surface area contributed by atoms with Crippen molar-refractivity contribution >= 4 is 12.6 Å². The molecule has 10 heavy (non-hydrogen) atoms. The van der Waals surface area contributed by atoms with Gasteiger partial charge in [0, 0.05) is 5.75 Å². The van der Waals surface area contributed by atoms with Crippen LogP contribution in [0.1, 0.15) is 0 Å². The van der Waals surface area contributed by atoms with Crippen molar-refractivity contribution in [3.63, 3.8) is 0 Å². The van der Waals surface area contributed by atoms with E-state index in [1.165, 1.54) is 0 Å². The summed E-state index contributed by atoms with van der Waals surface area (Å²) < 4.78 is 24.7. The van der Waals surface area contributed by atoms with Gasteiger partial charge in [0.15, 0.2) is 11.7 Å². The minimum absolute atomic E-state index is 0.0285. The molecule has 0 aliphatic heterocycles. The van der Waals surface area contributed by atoms with Crippen LogP contribution in [0.15, 0.2) is 36.5 Å². The van der Waals surface area contributed by atoms with Gasteiger partial charge in [0.2, 0.25) is 0 Å². The number of allylic oxidation sites excluding steroid dienone is 3. The van der Waals surface area contributed by atoms with Crippen LogP contribution in [-0.2, 0) is 0 Å². The average Bonchev–Trinajstić information content (AvgIpc) is 2.00. The van der Waals surface area contributed by atoms with Gasteiger partial charge in [0.1, 0.15) is 0 Å². The van der Waals surface area contributed by atoms with E-state index in [0.717, 1.165) is 6.08 Å². The number of halogens is 2. The zero-order valence-electron chi connectivity index (χ0n) is 5.40. The van der Waals surface area contributed by atoms with Crippen LogP contribution in [0.4, 0.5) is 8.78 Å². The van der Waals surface area contributed by atoms with Crippen molar-refractivity contribution in [1.82, 2.24) is 0 Å². The summed E-state index contributed by atoms with van der Waals surface area (Å²) in [6.07, 6.45) is 0.796. The largest absolute Gasteiger partial charge is 0.204 e. The number of hydrogen-bond donors (Lipinski definition) is 1. The predicted octanol–water partition coefficient (Wildman–Crippen LogP) is 2.81. The number of thiol groups is 1. The van der Waals surface area contributed by atoms with Gasteiger partial charge in [-0.15, -0.1) is 0 Å². The van der Waals surface area contributed by atoms with Gasteiger partial charge in [0.05, 0.1) is 0 Å². The first-order valence-corrected chi connectivity index (χ1v) is 3.23. The standard InChI is InChI=1S/C7H8F2S/c1-3-6(8)7(9)5(2)4-10/h3,10H,1-2,4H2/b7-6-. The Hall–Kier alpha value is -0.570. The highest BCUT2D eigenvalue weighted by Gasteiger charge is 2.04. The molecule has 0 heterocycles. The van der Waals surface area contributed by atoms with E-state index in [4.69, 9.17) is 0 Å². The van der Waals surface area contributed by atoms with E-state index < -0.39 is 11.7 Å². The monoisotopic (exact) mass is 162 g/mol. The van der Waals surface area contributed by atoms with Crippen molar-refractivity contribution in [3.05, 3.63) is 36.5 Å². The van der Waals surface area contributed by atoms with E-state index in [9.17, 15) is 8.78 Å². The van der Waals surface area contributed by atoms with Crippen LogP contribution in [0, 0.1) is 0 Å². The number of rotatable bonds is 3. The lowest BCUT2D eigenvalue weighted by Gasteiger charge is -1.96. The van der Waals surface area contributed by atoms with Crippen molar-refractivity contribution < 1.29 is 8.78 Å². The molecule has 0 fully saturated rings. The molecule has 0 spiro atoms. The molecule has 0 saturated carbocycles. The van der Waals surface area contributed by atoms with Crippen LogP contribution in [0.5, 0.6) is 0 Å². The van der Waals surface area contributed by atoms with Crippen molar-refractivity contribution in [2.75, 3.05) is 5.75 Å². The molecule has 56 valence electrons. The lowest BCUT2D eigenvalue weighted by atomic mass is 10.3. The first-order valence-electron chi connectivity index (χ1n) is 2.60. The maximum Gasteiger partial charge on any atom is 0.162 e. The van der Waals surface area contributed by atoms with E-state index in [0.29, 0.717) is 0 Å². The lowest BCUT2D eigenvalue weighted by Crippen LogP contribution is -1.85. The average molecular weight is 162 g/mol. The Labute approximate surface area is 64.3 Å². The van der Waals surface area contributed by atoms with E-state index in [-0.39, 0.29) is 11.3 Å². The summed E-state index contributed by atoms with van der Waals surface area (Å²) in [5.74, 6) is -1.85. The molecule has 3 heteroatoms. The summed E-state index contributed by atoms with van der Waals surface area (Å²) in [5.41, 5.74) is 0.0285. The van der Waals surface area contributed by atoms with E-state index in [1.807, 2.05) is 0 Å². The van der Waals surface area contributed by atoms with Gasteiger partial charge in [-0.1, -0.05) is 13.2 Å². The minimum Gasteiger partial charge on any atom is -0.204 e.